The van der Waals surface area contributed by atoms with Crippen molar-refractivity contribution in [1.29, 1.82) is 0 Å². The molecule has 67 heteroatoms. The molecule has 0 saturated carbocycles. The van der Waals surface area contributed by atoms with Crippen molar-refractivity contribution in [3.63, 3.8) is 0 Å². The lowest BCUT2D eigenvalue weighted by Gasteiger charge is -2.26. The molecule has 0 aromatic heterocycles. The molecule has 0 spiro atoms. The normalized spacial score (nSPS) is 14.7. The number of nitrogens with zero attached hydrogens (tertiary/aromatic N) is 14. The highest BCUT2D eigenvalue weighted by Crippen LogP contribution is 2.07. The van der Waals surface area contributed by atoms with E-state index in [1.54, 1.807) is 14.0 Å². The quantitative estimate of drug-likeness (QED) is 0.0153. The topological polar surface area (TPSA) is 1260 Å². The Hall–Kier alpha value is -15.3. The number of nitrogens with one attached hydrogen (secondary N) is 7. The molecule has 0 aromatic rings. The third-order valence-corrected chi connectivity index (χ3v) is 18.1. The summed E-state index contributed by atoms with van der Waals surface area (Å²) in [5, 5.41) is 121. The predicted octanol–water partition coefficient (Wildman–Crippen LogP) is -12.2. The second-order valence-corrected chi connectivity index (χ2v) is 31.1. The van der Waals surface area contributed by atoms with E-state index >= 15 is 0 Å². The van der Waals surface area contributed by atoms with Crippen LogP contribution in [0.3, 0.4) is 0 Å². The van der Waals surface area contributed by atoms with E-state index in [4.69, 9.17) is 187 Å². The molecule has 0 radical (unpaired) electrons. The Morgan fingerprint density at radius 2 is 0.718 bits per heavy atom. The van der Waals surface area contributed by atoms with Gasteiger partial charge in [-0.05, 0) is 155 Å². The molecule has 10 atom stereocenters. The highest BCUT2D eigenvalue weighted by Gasteiger charge is 2.21. The minimum atomic E-state index is -1.04. The van der Waals surface area contributed by atoms with Crippen molar-refractivity contribution in [3.8, 4) is 0 Å². The van der Waals surface area contributed by atoms with Crippen LogP contribution in [0.5, 0.6) is 0 Å². The summed E-state index contributed by atoms with van der Waals surface area (Å²) in [5.41, 5.74) is 115. The lowest BCUT2D eigenvalue weighted by atomic mass is 10.1. The zero-order valence-corrected chi connectivity index (χ0v) is 85.8. The minimum Gasteiger partial charge on any atom is -0.480 e. The number of amidine groups is 2. The van der Waals surface area contributed by atoms with Gasteiger partial charge in [0, 0.05) is 118 Å². The molecule has 4 heterocycles. The lowest BCUT2D eigenvalue weighted by Crippen LogP contribution is -2.42. The molecule has 860 valence electrons. The summed E-state index contributed by atoms with van der Waals surface area (Å²) in [6.07, 6.45) is 14.3. The number of hydrogen-bond acceptors (Lipinski definition) is 41. The molecule has 67 nitrogen and oxygen atoms in total. The van der Waals surface area contributed by atoms with Crippen molar-refractivity contribution >= 4 is 143 Å². The zero-order chi connectivity index (χ0) is 116. The number of carboxylic acid groups (broad SMARTS) is 12. The van der Waals surface area contributed by atoms with E-state index < -0.39 is 132 Å². The average molecular weight is 2150 g/mol. The van der Waals surface area contributed by atoms with Gasteiger partial charge in [0.15, 0.2) is 59.6 Å². The molecule has 4 rings (SSSR count). The van der Waals surface area contributed by atoms with E-state index in [9.17, 15) is 57.5 Å². The SMILES string of the molecule is C=CNC(N)=NCCCC(N)C(=O)O.CC(N)=NCCCC(N)C(=O)O.CC(N=C(N)N)C(=O)O.CCC(N)=NCCCC(N)C(=O)O.CCNC(N)=NCCCC(N)C(=O)O.CN=C(N)NCCCC(N)C(=O)O.NC(CCCNC1=NCCCN1)C(=O)O.NC(CCCNC1=NCCN1)C(=O)O.NC(N)=NCC(=O)O.NC(N)=NCC(=O)O.NC1=NCCCN1CCCC(N)C(=O)O.NC1=NCCN1CCCC(N)C(=O)O. The number of aliphatic carboxylic acids is 12. The number of carbonyl (C=O) groups is 12. The third kappa shape index (κ3) is 107. The Kier molecular flexibility index (Phi) is 97.4. The van der Waals surface area contributed by atoms with E-state index in [2.05, 4.69) is 104 Å². The number of nitrogens with two attached hydrogens (primary N) is 22. The summed E-state index contributed by atoms with van der Waals surface area (Å²) in [6, 6.07) is -7.87. The maximum absolute atomic E-state index is 10.5. The molecule has 0 aromatic carbocycles. The maximum atomic E-state index is 10.5. The summed E-state index contributed by atoms with van der Waals surface area (Å²) in [7, 11) is 1.57. The monoisotopic (exact) mass is 2140 g/mol. The van der Waals surface area contributed by atoms with Crippen LogP contribution < -0.4 is 163 Å². The Balaban J connectivity index is -0.000000244. The van der Waals surface area contributed by atoms with Gasteiger partial charge in [-0.15, -0.1) is 0 Å². The molecule has 63 N–H and O–H groups in total. The van der Waals surface area contributed by atoms with Gasteiger partial charge in [-0.2, -0.15) is 0 Å². The molecular formula is C82H173N43O24. The van der Waals surface area contributed by atoms with E-state index in [-0.39, 0.29) is 36.9 Å². The van der Waals surface area contributed by atoms with Gasteiger partial charge in [0.2, 0.25) is 0 Å². The van der Waals surface area contributed by atoms with E-state index in [0.29, 0.717) is 171 Å². The highest BCUT2D eigenvalue weighted by atomic mass is 16.4. The first kappa shape index (κ1) is 149. The van der Waals surface area contributed by atoms with Crippen LogP contribution in [0, 0.1) is 0 Å². The third-order valence-electron chi connectivity index (χ3n) is 18.1. The molecule has 0 bridgehead atoms. The van der Waals surface area contributed by atoms with Gasteiger partial charge >= 0.3 is 71.6 Å². The minimum absolute atomic E-state index is 0.201. The second kappa shape index (κ2) is 97.4. The van der Waals surface area contributed by atoms with Crippen molar-refractivity contribution in [2.75, 3.05) is 138 Å². The van der Waals surface area contributed by atoms with Crippen LogP contribution in [0.4, 0.5) is 0 Å². The van der Waals surface area contributed by atoms with Crippen LogP contribution in [-0.2, 0) is 57.5 Å². The van der Waals surface area contributed by atoms with Gasteiger partial charge < -0.3 is 234 Å². The van der Waals surface area contributed by atoms with Crippen LogP contribution in [0.2, 0.25) is 0 Å². The average Bonchev–Trinajstić information content (AvgIpc) is 1.55. The first-order chi connectivity index (χ1) is 69.7. The molecule has 10 unspecified atom stereocenters. The molecule has 149 heavy (non-hydrogen) atoms. The summed E-state index contributed by atoms with van der Waals surface area (Å²) >= 11 is 0. The largest absolute Gasteiger partial charge is 0.480 e. The van der Waals surface area contributed by atoms with Crippen molar-refractivity contribution in [2.45, 2.75) is 223 Å². The Bertz CT molecular complexity index is 4110. The molecular weight excluding hydrogens is 1970 g/mol. The fraction of sp³-hybridized carbons (Fsp3) is 0.683. The van der Waals surface area contributed by atoms with Gasteiger partial charge in [0.05, 0.1) is 24.8 Å². The predicted molar refractivity (Wildman–Crippen MR) is 570 cm³/mol. The number of carboxylic acids is 12. The van der Waals surface area contributed by atoms with Gasteiger partial charge in [-0.25, -0.2) is 19.8 Å². The van der Waals surface area contributed by atoms with E-state index in [0.717, 1.165) is 129 Å². The van der Waals surface area contributed by atoms with Crippen LogP contribution in [0.1, 0.15) is 163 Å². The summed E-state index contributed by atoms with van der Waals surface area (Å²) in [5.74, 6) is -7.56. The number of guanidine groups is 10. The molecule has 0 amide bonds. The van der Waals surface area contributed by atoms with Gasteiger partial charge in [-0.1, -0.05) is 13.5 Å². The van der Waals surface area contributed by atoms with E-state index in [1.165, 1.54) is 13.1 Å². The van der Waals surface area contributed by atoms with Crippen molar-refractivity contribution in [3.05, 3.63) is 12.8 Å². The lowest BCUT2D eigenvalue weighted by molar-refractivity contribution is -0.139. The first-order valence-corrected chi connectivity index (χ1v) is 46.8. The molecule has 4 aliphatic heterocycles. The van der Waals surface area contributed by atoms with Crippen LogP contribution in [0.25, 0.3) is 0 Å². The zero-order valence-electron chi connectivity index (χ0n) is 85.8. The fourth-order valence-electron chi connectivity index (χ4n) is 9.80. The Labute approximate surface area is 865 Å². The number of rotatable bonds is 54. The van der Waals surface area contributed by atoms with Crippen LogP contribution in [0.15, 0.2) is 72.7 Å². The van der Waals surface area contributed by atoms with Gasteiger partial charge in [0.25, 0.3) is 0 Å². The standard InChI is InChI=1S/2C9H18N4O2.2C8H16N4O2.C8H18N4O2.C8H16N4O2.C8H17N3O2.C7H16N4O2.C7H15N3O2.C4H9N3O2.2C3H7N3O2/c10-7(8(14)15)3-1-5-13-6-2-4-12-9(13)11;10-7(8(14)15)3-1-4-11-9-12-5-2-6-13-9;9-6(7(13)14)2-1-4-12-5-3-11-8(12)10;9-6(7(13)14)2-1-3-10-8-11-4-5-12-8;2*1-2-11-8(10)12-5-3-4-6(9)7(13)14;1-2-7(10)11-5-3-4-6(9)8(12)13;1-10-7(9)11-4-2-3-5(8)6(12)13;1-5(8)10-4-2-3-6(9)7(11)12;1-2(3(8)9)7-4(5)6;2*4-3(5)6-1-2(7)8/h7H,1-6,10H2,(H2,11,12)(H,14,15);7H,1-6,10H2,(H,14,15)(H2,11,12,13);6H,1-5,9H2,(H2,10,11)(H,13,14);6H,1-5,9H2,(H,13,14)(H2,10,11,12);6H,2-5,9H2,1H3,(H,13,14)(H3,10,11,12);2,6H,1,3-5,9H2,(H,13,14)(H3,10,11,12);6H,2-5,9H2,1H3,(H2,10,11)(H,12,13);5H,2-4,8H2,1H3,(H,12,13)(H3,9,10,11);6H,2-4,9H2,1H3,(H2,8,10)(H,11,12);2H,1H3,(H,8,9)(H4,5,6,7);2*1H2,(H,7,8)(H4,4,5,6). The second-order valence-electron chi connectivity index (χ2n) is 31.1. The number of aliphatic imine (C=N–C) groups is 12. The van der Waals surface area contributed by atoms with Crippen molar-refractivity contribution in [1.82, 2.24) is 47.0 Å². The van der Waals surface area contributed by atoms with Crippen molar-refractivity contribution < 1.29 is 119 Å². The van der Waals surface area contributed by atoms with Gasteiger partial charge in [0.1, 0.15) is 73.5 Å². The van der Waals surface area contributed by atoms with E-state index in [1.807, 2.05) is 23.6 Å². The maximum Gasteiger partial charge on any atom is 0.328 e. The van der Waals surface area contributed by atoms with Crippen LogP contribution >= 0.6 is 0 Å². The first-order valence-electron chi connectivity index (χ1n) is 46.8. The molecule has 0 saturated heterocycles. The fourth-order valence-corrected chi connectivity index (χ4v) is 9.80. The smallest absolute Gasteiger partial charge is 0.328 e. The molecule has 4 aliphatic rings. The number of hydrogen-bond donors (Lipinski definition) is 41. The van der Waals surface area contributed by atoms with Gasteiger partial charge in [-0.3, -0.25) is 97.7 Å². The summed E-state index contributed by atoms with van der Waals surface area (Å²) < 4.78 is 0. The molecule has 0 fully saturated rings. The Morgan fingerprint density at radius 1 is 0.389 bits per heavy atom. The van der Waals surface area contributed by atoms with Crippen molar-refractivity contribution in [2.24, 2.45) is 186 Å². The molecule has 0 aliphatic carbocycles. The van der Waals surface area contributed by atoms with Crippen LogP contribution in [-0.4, -0.2) is 412 Å². The summed E-state index contributed by atoms with van der Waals surface area (Å²) in [4.78, 5) is 172. The highest BCUT2D eigenvalue weighted by molar-refractivity contribution is 5.86. The Morgan fingerprint density at radius 3 is 1.00 bits per heavy atom. The summed E-state index contributed by atoms with van der Waals surface area (Å²) in [6.45, 7) is 22.6.